The van der Waals surface area contributed by atoms with Gasteiger partial charge in [-0.3, -0.25) is 4.79 Å². The van der Waals surface area contributed by atoms with E-state index in [1.165, 1.54) is 11.1 Å². The third-order valence-electron chi connectivity index (χ3n) is 3.97. The summed E-state index contributed by atoms with van der Waals surface area (Å²) in [5.41, 5.74) is 2.41. The molecule has 0 N–H and O–H groups in total. The van der Waals surface area contributed by atoms with Crippen LogP contribution in [-0.4, -0.2) is 31.6 Å². The minimum absolute atomic E-state index is 0.0950. The number of methoxy groups -OCH3 is 2. The summed E-state index contributed by atoms with van der Waals surface area (Å²) in [4.78, 5) is 14.1. The number of fused-ring (bicyclic) bond motifs is 1. The number of rotatable bonds is 4. The topological polar surface area (TPSA) is 38.8 Å². The second-order valence-electron chi connectivity index (χ2n) is 5.17. The van der Waals surface area contributed by atoms with Gasteiger partial charge in [0.15, 0.2) is 11.5 Å². The molecular formula is C16H23NO3. The van der Waals surface area contributed by atoms with Gasteiger partial charge in [-0.15, -0.1) is 0 Å². The Balaban J connectivity index is 2.33. The fourth-order valence-corrected chi connectivity index (χ4v) is 2.84. The molecule has 1 atom stereocenters. The molecule has 1 aliphatic heterocycles. The van der Waals surface area contributed by atoms with E-state index in [1.54, 1.807) is 14.2 Å². The lowest BCUT2D eigenvalue weighted by Crippen LogP contribution is -2.38. The van der Waals surface area contributed by atoms with Crippen LogP contribution < -0.4 is 9.47 Å². The number of hydrogen-bond donors (Lipinski definition) is 0. The van der Waals surface area contributed by atoms with Gasteiger partial charge in [-0.2, -0.15) is 0 Å². The first-order chi connectivity index (χ1) is 9.62. The summed E-state index contributed by atoms with van der Waals surface area (Å²) in [6.45, 7) is 4.90. The van der Waals surface area contributed by atoms with Crippen LogP contribution in [-0.2, 0) is 11.2 Å². The molecule has 0 spiro atoms. The van der Waals surface area contributed by atoms with Crippen LogP contribution in [0.15, 0.2) is 12.1 Å². The zero-order valence-corrected chi connectivity index (χ0v) is 12.7. The van der Waals surface area contributed by atoms with Crippen LogP contribution in [0.3, 0.4) is 0 Å². The van der Waals surface area contributed by atoms with Crippen molar-refractivity contribution in [2.45, 2.75) is 39.2 Å². The molecule has 0 aliphatic carbocycles. The van der Waals surface area contributed by atoms with Gasteiger partial charge < -0.3 is 14.4 Å². The molecule has 1 aromatic carbocycles. The van der Waals surface area contributed by atoms with Crippen molar-refractivity contribution in [2.75, 3.05) is 20.8 Å². The first-order valence-electron chi connectivity index (χ1n) is 7.16. The molecule has 0 bridgehead atoms. The second kappa shape index (κ2) is 6.16. The Kier molecular flexibility index (Phi) is 4.53. The Morgan fingerprint density at radius 2 is 1.95 bits per heavy atom. The van der Waals surface area contributed by atoms with E-state index in [9.17, 15) is 4.79 Å². The van der Waals surface area contributed by atoms with Gasteiger partial charge in [-0.1, -0.05) is 6.92 Å². The Morgan fingerprint density at radius 3 is 2.55 bits per heavy atom. The molecule has 2 rings (SSSR count). The number of ether oxygens (including phenoxy) is 2. The van der Waals surface area contributed by atoms with Gasteiger partial charge in [0.2, 0.25) is 5.91 Å². The summed E-state index contributed by atoms with van der Waals surface area (Å²) in [6.07, 6.45) is 2.38. The SMILES string of the molecule is CCCC(=O)N1CCc2cc(OC)c(OC)cc2C1C. The second-order valence-corrected chi connectivity index (χ2v) is 5.17. The summed E-state index contributed by atoms with van der Waals surface area (Å²) in [5.74, 6) is 1.72. The summed E-state index contributed by atoms with van der Waals surface area (Å²) in [5, 5.41) is 0. The highest BCUT2D eigenvalue weighted by atomic mass is 16.5. The molecule has 4 nitrogen and oxygen atoms in total. The van der Waals surface area contributed by atoms with Crippen molar-refractivity contribution in [2.24, 2.45) is 0 Å². The van der Waals surface area contributed by atoms with Crippen molar-refractivity contribution in [1.82, 2.24) is 4.90 Å². The van der Waals surface area contributed by atoms with E-state index >= 15 is 0 Å². The Morgan fingerprint density at radius 1 is 1.30 bits per heavy atom. The van der Waals surface area contributed by atoms with E-state index in [0.717, 1.165) is 30.9 Å². The van der Waals surface area contributed by atoms with Crippen molar-refractivity contribution in [3.8, 4) is 11.5 Å². The van der Waals surface area contributed by atoms with Crippen molar-refractivity contribution in [3.05, 3.63) is 23.3 Å². The van der Waals surface area contributed by atoms with Crippen LogP contribution in [0.2, 0.25) is 0 Å². The molecule has 110 valence electrons. The normalized spacial score (nSPS) is 17.6. The summed E-state index contributed by atoms with van der Waals surface area (Å²) in [6, 6.07) is 4.13. The maximum absolute atomic E-state index is 12.2. The molecule has 0 saturated heterocycles. The van der Waals surface area contributed by atoms with Gasteiger partial charge >= 0.3 is 0 Å². The monoisotopic (exact) mass is 277 g/mol. The van der Waals surface area contributed by atoms with Crippen LogP contribution in [0.1, 0.15) is 43.9 Å². The molecule has 20 heavy (non-hydrogen) atoms. The lowest BCUT2D eigenvalue weighted by atomic mass is 9.92. The lowest BCUT2D eigenvalue weighted by Gasteiger charge is -2.35. The minimum Gasteiger partial charge on any atom is -0.493 e. The molecule has 1 aliphatic rings. The zero-order chi connectivity index (χ0) is 14.7. The average Bonchev–Trinajstić information content (AvgIpc) is 2.46. The molecule has 1 heterocycles. The molecule has 4 heteroatoms. The molecule has 1 unspecified atom stereocenters. The highest BCUT2D eigenvalue weighted by Crippen LogP contribution is 2.38. The Labute approximate surface area is 120 Å². The van der Waals surface area contributed by atoms with Crippen molar-refractivity contribution < 1.29 is 14.3 Å². The van der Waals surface area contributed by atoms with E-state index in [0.29, 0.717) is 6.42 Å². The summed E-state index contributed by atoms with van der Waals surface area (Å²) < 4.78 is 10.7. The molecule has 0 fully saturated rings. The fourth-order valence-electron chi connectivity index (χ4n) is 2.84. The van der Waals surface area contributed by atoms with E-state index in [1.807, 2.05) is 24.0 Å². The Hall–Kier alpha value is -1.71. The minimum atomic E-state index is 0.0950. The Bertz CT molecular complexity index is 499. The third kappa shape index (κ3) is 2.60. The smallest absolute Gasteiger partial charge is 0.223 e. The molecule has 0 radical (unpaired) electrons. The predicted molar refractivity (Wildman–Crippen MR) is 78.3 cm³/mol. The zero-order valence-electron chi connectivity index (χ0n) is 12.7. The lowest BCUT2D eigenvalue weighted by molar-refractivity contribution is -0.133. The molecule has 1 aromatic rings. The maximum atomic E-state index is 12.2. The number of amides is 1. The number of carbonyl (C=O) groups excluding carboxylic acids is 1. The van der Waals surface area contributed by atoms with Crippen molar-refractivity contribution in [3.63, 3.8) is 0 Å². The quantitative estimate of drug-likeness (QED) is 0.849. The third-order valence-corrected chi connectivity index (χ3v) is 3.97. The first kappa shape index (κ1) is 14.7. The highest BCUT2D eigenvalue weighted by molar-refractivity contribution is 5.77. The molecule has 0 saturated carbocycles. The van der Waals surface area contributed by atoms with E-state index in [2.05, 4.69) is 6.92 Å². The van der Waals surface area contributed by atoms with Crippen molar-refractivity contribution >= 4 is 5.91 Å². The number of hydrogen-bond acceptors (Lipinski definition) is 3. The van der Waals surface area contributed by atoms with Crippen LogP contribution >= 0.6 is 0 Å². The van der Waals surface area contributed by atoms with E-state index in [-0.39, 0.29) is 11.9 Å². The van der Waals surface area contributed by atoms with Crippen LogP contribution in [0.5, 0.6) is 11.5 Å². The number of carbonyl (C=O) groups is 1. The van der Waals surface area contributed by atoms with Gasteiger partial charge in [0, 0.05) is 13.0 Å². The van der Waals surface area contributed by atoms with E-state index in [4.69, 9.17) is 9.47 Å². The summed E-state index contributed by atoms with van der Waals surface area (Å²) >= 11 is 0. The maximum Gasteiger partial charge on any atom is 0.223 e. The van der Waals surface area contributed by atoms with Gasteiger partial charge in [-0.05, 0) is 43.0 Å². The average molecular weight is 277 g/mol. The van der Waals surface area contributed by atoms with Crippen LogP contribution in [0, 0.1) is 0 Å². The highest BCUT2D eigenvalue weighted by Gasteiger charge is 2.28. The van der Waals surface area contributed by atoms with Crippen LogP contribution in [0.25, 0.3) is 0 Å². The van der Waals surface area contributed by atoms with E-state index < -0.39 is 0 Å². The molecule has 0 aromatic heterocycles. The summed E-state index contributed by atoms with van der Waals surface area (Å²) in [7, 11) is 3.28. The number of benzene rings is 1. The molecule has 1 amide bonds. The number of nitrogens with zero attached hydrogens (tertiary/aromatic N) is 1. The van der Waals surface area contributed by atoms with Crippen LogP contribution in [0.4, 0.5) is 0 Å². The largest absolute Gasteiger partial charge is 0.493 e. The molecular weight excluding hydrogens is 254 g/mol. The van der Waals surface area contributed by atoms with Gasteiger partial charge in [0.25, 0.3) is 0 Å². The predicted octanol–water partition coefficient (Wildman–Crippen LogP) is 2.95. The fraction of sp³-hybridized carbons (Fsp3) is 0.562. The van der Waals surface area contributed by atoms with Gasteiger partial charge in [0.05, 0.1) is 20.3 Å². The van der Waals surface area contributed by atoms with Crippen molar-refractivity contribution in [1.29, 1.82) is 0 Å². The van der Waals surface area contributed by atoms with Gasteiger partial charge in [-0.25, -0.2) is 0 Å². The standard InChI is InChI=1S/C16H23NO3/c1-5-6-16(18)17-8-7-12-9-14(19-3)15(20-4)10-13(12)11(17)2/h9-11H,5-8H2,1-4H3. The van der Waals surface area contributed by atoms with Gasteiger partial charge in [0.1, 0.15) is 0 Å². The first-order valence-corrected chi connectivity index (χ1v) is 7.16.